The van der Waals surface area contributed by atoms with Crippen LogP contribution in [-0.4, -0.2) is 17.4 Å². The fourth-order valence-corrected chi connectivity index (χ4v) is 0.516. The van der Waals surface area contributed by atoms with Crippen molar-refractivity contribution in [2.24, 2.45) is 0 Å². The van der Waals surface area contributed by atoms with Gasteiger partial charge in [0.2, 0.25) is 0 Å². The first kappa shape index (κ1) is 9.52. The van der Waals surface area contributed by atoms with E-state index in [1.54, 1.807) is 6.08 Å². The van der Waals surface area contributed by atoms with Crippen LogP contribution in [0.4, 0.5) is 0 Å². The summed E-state index contributed by atoms with van der Waals surface area (Å²) in [5, 5.41) is 16.4. The van der Waals surface area contributed by atoms with Crippen molar-refractivity contribution < 1.29 is 14.7 Å². The zero-order chi connectivity index (χ0) is 7.82. The highest BCUT2D eigenvalue weighted by molar-refractivity contribution is 6.32. The van der Waals surface area contributed by atoms with Gasteiger partial charge in [-0.1, -0.05) is 19.4 Å². The Labute approximate surface area is 61.5 Å². The molecule has 0 saturated carbocycles. The van der Waals surface area contributed by atoms with Crippen LogP contribution in [-0.2, 0) is 4.65 Å². The Bertz CT molecular complexity index is 93.0. The molecule has 0 aliphatic rings. The summed E-state index contributed by atoms with van der Waals surface area (Å²) in [6.45, 7) is 2.09. The Balaban J connectivity index is 3.04. The molecule has 0 bridgehead atoms. The van der Waals surface area contributed by atoms with Crippen molar-refractivity contribution in [3.8, 4) is 0 Å². The average Bonchev–Trinajstić information content (AvgIpc) is 1.87. The van der Waals surface area contributed by atoms with E-state index < -0.39 is 7.32 Å². The molecule has 0 fully saturated rings. The molecule has 2 N–H and O–H groups in total. The Morgan fingerprint density at radius 1 is 1.50 bits per heavy atom. The van der Waals surface area contributed by atoms with E-state index >= 15 is 0 Å². The smallest absolute Gasteiger partial charge is 0.519 e. The van der Waals surface area contributed by atoms with Gasteiger partial charge in [-0.15, -0.1) is 0 Å². The lowest BCUT2D eigenvalue weighted by molar-refractivity contribution is 0.257. The van der Waals surface area contributed by atoms with E-state index in [4.69, 9.17) is 10.0 Å². The predicted octanol–water partition coefficient (Wildman–Crippen LogP) is 0.676. The van der Waals surface area contributed by atoms with E-state index in [1.807, 2.05) is 0 Å². The van der Waals surface area contributed by atoms with Gasteiger partial charge in [0.1, 0.15) is 0 Å². The van der Waals surface area contributed by atoms with Crippen LogP contribution in [0.25, 0.3) is 0 Å². The van der Waals surface area contributed by atoms with E-state index in [0.717, 1.165) is 19.3 Å². The van der Waals surface area contributed by atoms with E-state index in [9.17, 15) is 0 Å². The summed E-state index contributed by atoms with van der Waals surface area (Å²) in [5.41, 5.74) is 0. The highest BCUT2D eigenvalue weighted by atomic mass is 16.6. The SMILES string of the molecule is CCCCC=COB(O)O. The van der Waals surface area contributed by atoms with E-state index in [-0.39, 0.29) is 0 Å². The van der Waals surface area contributed by atoms with Gasteiger partial charge in [0.05, 0.1) is 6.26 Å². The van der Waals surface area contributed by atoms with Crippen LogP contribution in [0.15, 0.2) is 12.3 Å². The number of unbranched alkanes of at least 4 members (excludes halogenated alkanes) is 2. The van der Waals surface area contributed by atoms with Gasteiger partial charge in [-0.2, -0.15) is 0 Å². The molecular weight excluding hydrogens is 131 g/mol. The largest absolute Gasteiger partial charge is 0.707 e. The Kier molecular flexibility index (Phi) is 6.33. The number of allylic oxidation sites excluding steroid dienone is 1. The van der Waals surface area contributed by atoms with Gasteiger partial charge in [0.25, 0.3) is 0 Å². The van der Waals surface area contributed by atoms with Gasteiger partial charge in [0.15, 0.2) is 0 Å². The minimum atomic E-state index is -1.68. The molecular formula is C6H13BO3. The van der Waals surface area contributed by atoms with Crippen molar-refractivity contribution in [2.75, 3.05) is 0 Å². The zero-order valence-corrected chi connectivity index (χ0v) is 6.16. The molecule has 3 nitrogen and oxygen atoms in total. The lowest BCUT2D eigenvalue weighted by Crippen LogP contribution is -2.12. The first-order chi connectivity index (χ1) is 4.77. The molecule has 0 heterocycles. The molecule has 0 unspecified atom stereocenters. The van der Waals surface area contributed by atoms with Crippen LogP contribution in [0.5, 0.6) is 0 Å². The third-order valence-corrected chi connectivity index (χ3v) is 1.02. The highest BCUT2D eigenvalue weighted by Crippen LogP contribution is 1.94. The Morgan fingerprint density at radius 2 is 2.20 bits per heavy atom. The molecule has 0 aromatic carbocycles. The van der Waals surface area contributed by atoms with Crippen molar-refractivity contribution in [1.29, 1.82) is 0 Å². The second-order valence-corrected chi connectivity index (χ2v) is 1.98. The van der Waals surface area contributed by atoms with E-state index in [0.29, 0.717) is 0 Å². The zero-order valence-electron chi connectivity index (χ0n) is 6.16. The van der Waals surface area contributed by atoms with Crippen molar-refractivity contribution in [3.63, 3.8) is 0 Å². The van der Waals surface area contributed by atoms with Crippen LogP contribution in [0.1, 0.15) is 26.2 Å². The number of hydrogen-bond donors (Lipinski definition) is 2. The molecule has 0 aliphatic heterocycles. The van der Waals surface area contributed by atoms with Gasteiger partial charge in [-0.05, 0) is 12.8 Å². The van der Waals surface area contributed by atoms with Crippen LogP contribution in [0.3, 0.4) is 0 Å². The van der Waals surface area contributed by atoms with Gasteiger partial charge in [0, 0.05) is 0 Å². The van der Waals surface area contributed by atoms with Crippen LogP contribution < -0.4 is 0 Å². The normalized spacial score (nSPS) is 10.3. The molecule has 58 valence electrons. The van der Waals surface area contributed by atoms with Crippen molar-refractivity contribution in [1.82, 2.24) is 0 Å². The van der Waals surface area contributed by atoms with Gasteiger partial charge in [-0.3, -0.25) is 0 Å². The molecule has 0 amide bonds. The molecule has 0 aromatic heterocycles. The molecule has 0 aromatic rings. The minimum absolute atomic E-state index is 0.920. The minimum Gasteiger partial charge on any atom is -0.519 e. The Morgan fingerprint density at radius 3 is 2.70 bits per heavy atom. The molecule has 0 rings (SSSR count). The highest BCUT2D eigenvalue weighted by Gasteiger charge is 2.05. The third-order valence-electron chi connectivity index (χ3n) is 1.02. The standard InChI is InChI=1S/C6H13BO3/c1-2-3-4-5-6-10-7(8)9/h5-6,8-9H,2-4H2,1H3. The van der Waals surface area contributed by atoms with Gasteiger partial charge >= 0.3 is 7.32 Å². The first-order valence-electron chi connectivity index (χ1n) is 3.44. The molecule has 0 radical (unpaired) electrons. The lowest BCUT2D eigenvalue weighted by Gasteiger charge is -1.94. The van der Waals surface area contributed by atoms with Crippen molar-refractivity contribution in [3.05, 3.63) is 12.3 Å². The lowest BCUT2D eigenvalue weighted by atomic mass is 10.2. The molecule has 0 spiro atoms. The van der Waals surface area contributed by atoms with Crippen molar-refractivity contribution in [2.45, 2.75) is 26.2 Å². The monoisotopic (exact) mass is 144 g/mol. The molecule has 4 heteroatoms. The summed E-state index contributed by atoms with van der Waals surface area (Å²) in [4.78, 5) is 0. The average molecular weight is 144 g/mol. The van der Waals surface area contributed by atoms with Crippen LogP contribution in [0, 0.1) is 0 Å². The second-order valence-electron chi connectivity index (χ2n) is 1.98. The maximum absolute atomic E-state index is 8.19. The molecule has 0 saturated heterocycles. The van der Waals surface area contributed by atoms with Gasteiger partial charge in [-0.25, -0.2) is 0 Å². The quantitative estimate of drug-likeness (QED) is 0.338. The summed E-state index contributed by atoms with van der Waals surface area (Å²) in [6, 6.07) is 0. The third kappa shape index (κ3) is 7.52. The fraction of sp³-hybridized carbons (Fsp3) is 0.667. The topological polar surface area (TPSA) is 49.7 Å². The predicted molar refractivity (Wildman–Crippen MR) is 39.9 cm³/mol. The van der Waals surface area contributed by atoms with E-state index in [1.165, 1.54) is 6.26 Å². The molecule has 0 atom stereocenters. The Hall–Kier alpha value is -0.475. The summed E-state index contributed by atoms with van der Waals surface area (Å²) in [7, 11) is -1.68. The van der Waals surface area contributed by atoms with E-state index in [2.05, 4.69) is 11.6 Å². The summed E-state index contributed by atoms with van der Waals surface area (Å²) >= 11 is 0. The fourth-order valence-electron chi connectivity index (χ4n) is 0.516. The van der Waals surface area contributed by atoms with Gasteiger partial charge < -0.3 is 14.7 Å². The van der Waals surface area contributed by atoms with Crippen LogP contribution in [0.2, 0.25) is 0 Å². The number of hydrogen-bond acceptors (Lipinski definition) is 3. The second kappa shape index (κ2) is 6.64. The molecule has 0 aliphatic carbocycles. The van der Waals surface area contributed by atoms with Crippen molar-refractivity contribution >= 4 is 7.32 Å². The number of rotatable bonds is 5. The maximum Gasteiger partial charge on any atom is 0.707 e. The summed E-state index contributed by atoms with van der Waals surface area (Å²) in [5.74, 6) is 0. The summed E-state index contributed by atoms with van der Waals surface area (Å²) in [6.07, 6.45) is 6.22. The van der Waals surface area contributed by atoms with Crippen LogP contribution >= 0.6 is 0 Å². The maximum atomic E-state index is 8.19. The summed E-state index contributed by atoms with van der Waals surface area (Å²) < 4.78 is 4.32. The first-order valence-corrected chi connectivity index (χ1v) is 3.44. The molecule has 10 heavy (non-hydrogen) atoms.